The first kappa shape index (κ1) is 20.2. The Morgan fingerprint density at radius 2 is 1.79 bits per heavy atom. The number of carbonyl (C=O) groups is 1. The molecule has 0 saturated heterocycles. The molecule has 0 saturated carbocycles. The van der Waals surface area contributed by atoms with Crippen molar-refractivity contribution in [3.8, 4) is 0 Å². The highest BCUT2D eigenvalue weighted by Crippen LogP contribution is 2.34. The van der Waals surface area contributed by atoms with Crippen molar-refractivity contribution < 1.29 is 4.79 Å². The lowest BCUT2D eigenvalue weighted by molar-refractivity contribution is 0.0716. The fraction of sp³-hybridized carbons (Fsp3) is 0.182. The number of carbonyl (C=O) groups excluding carboxylic acids is 1. The van der Waals surface area contributed by atoms with Crippen LogP contribution in [0.15, 0.2) is 71.1 Å². The Morgan fingerprint density at radius 3 is 2.39 bits per heavy atom. The van der Waals surface area contributed by atoms with Crippen LogP contribution in [-0.2, 0) is 0 Å². The molecule has 2 N–H and O–H groups in total. The lowest BCUT2D eigenvalue weighted by Gasteiger charge is -2.21. The van der Waals surface area contributed by atoms with Crippen LogP contribution in [-0.4, -0.2) is 22.9 Å². The summed E-state index contributed by atoms with van der Waals surface area (Å²) in [6.07, 6.45) is 2.38. The smallest absolute Gasteiger partial charge is 0.284 e. The van der Waals surface area contributed by atoms with Crippen molar-refractivity contribution in [2.45, 2.75) is 19.4 Å². The quantitative estimate of drug-likeness (QED) is 0.463. The van der Waals surface area contributed by atoms with E-state index in [1.165, 1.54) is 16.9 Å². The molecule has 1 aliphatic heterocycles. The van der Waals surface area contributed by atoms with E-state index >= 15 is 0 Å². The Morgan fingerprint density at radius 1 is 1.11 bits per heavy atom. The van der Waals surface area contributed by atoms with Gasteiger partial charge in [-0.3, -0.25) is 4.79 Å². The van der Waals surface area contributed by atoms with Crippen molar-refractivity contribution in [1.29, 1.82) is 0 Å². The molecule has 1 amide bonds. The topological polar surface area (TPSA) is 58.7 Å². The van der Waals surface area contributed by atoms with E-state index in [0.717, 1.165) is 16.8 Å². The molecule has 1 aromatic heterocycles. The summed E-state index contributed by atoms with van der Waals surface area (Å²) in [6.45, 7) is 2.06. The lowest BCUT2D eigenvalue weighted by Crippen LogP contribution is -2.26. The number of benzene rings is 2. The van der Waals surface area contributed by atoms with Gasteiger partial charge in [-0.1, -0.05) is 48.0 Å². The summed E-state index contributed by atoms with van der Waals surface area (Å²) in [5.74, 6) is -0.0592. The third-order valence-corrected chi connectivity index (χ3v) is 5.41. The van der Waals surface area contributed by atoms with Gasteiger partial charge in [0.1, 0.15) is 0 Å². The largest absolute Gasteiger partial charge is 0.399 e. The maximum absolute atomic E-state index is 13.0. The average molecular weight is 410 g/mol. The number of nitrogens with two attached hydrogens (primary N) is 1. The normalized spacial score (nSPS) is 15.6. The summed E-state index contributed by atoms with van der Waals surface area (Å²) in [4.78, 5) is 13.7. The Kier molecular flexibility index (Phi) is 6.54. The number of nitrogens with zero attached hydrogens (tertiary/aromatic N) is 2. The number of nitrogen functional groups attached to an aromatic ring is 1. The van der Waals surface area contributed by atoms with Crippen molar-refractivity contribution in [1.82, 2.24) is 5.01 Å². The van der Waals surface area contributed by atoms with Crippen LogP contribution in [0.25, 0.3) is 0 Å². The fourth-order valence-corrected chi connectivity index (χ4v) is 3.76. The SMILES string of the molecule is CS.Cc1ccc(C2CC(c3ccc(N)cc3)=NN2C(=O)c2cccs2)cc1. The highest BCUT2D eigenvalue weighted by atomic mass is 32.1. The van der Waals surface area contributed by atoms with Gasteiger partial charge < -0.3 is 5.73 Å². The molecule has 6 heteroatoms. The second kappa shape index (κ2) is 9.08. The monoisotopic (exact) mass is 409 g/mol. The zero-order chi connectivity index (χ0) is 20.1. The van der Waals surface area contributed by atoms with Crippen molar-refractivity contribution >= 4 is 41.3 Å². The lowest BCUT2D eigenvalue weighted by atomic mass is 9.97. The van der Waals surface area contributed by atoms with Gasteiger partial charge in [-0.05, 0) is 47.9 Å². The van der Waals surface area contributed by atoms with Gasteiger partial charge in [0, 0.05) is 12.1 Å². The number of hydrazone groups is 1. The molecule has 3 aromatic rings. The number of thiophene rings is 1. The molecule has 28 heavy (non-hydrogen) atoms. The molecule has 1 aliphatic rings. The van der Waals surface area contributed by atoms with Gasteiger partial charge in [0.05, 0.1) is 16.6 Å². The standard InChI is InChI=1S/C21H19N3OS.CH4S/c1-14-4-6-16(7-5-14)19-13-18(15-8-10-17(22)11-9-15)23-24(19)21(25)20-3-2-12-26-20;1-2/h2-12,19H,13,22H2,1H3;2H,1H3. The maximum atomic E-state index is 13.0. The highest BCUT2D eigenvalue weighted by Gasteiger charge is 2.33. The van der Waals surface area contributed by atoms with Crippen molar-refractivity contribution in [3.63, 3.8) is 0 Å². The van der Waals surface area contributed by atoms with Crippen LogP contribution in [0.1, 0.15) is 38.8 Å². The summed E-state index contributed by atoms with van der Waals surface area (Å²) in [5.41, 5.74) is 10.7. The first-order valence-corrected chi connectivity index (χ1v) is 10.7. The third kappa shape index (κ3) is 4.29. The predicted molar refractivity (Wildman–Crippen MR) is 121 cm³/mol. The van der Waals surface area contributed by atoms with E-state index in [-0.39, 0.29) is 11.9 Å². The van der Waals surface area contributed by atoms with Gasteiger partial charge in [0.15, 0.2) is 0 Å². The van der Waals surface area contributed by atoms with Gasteiger partial charge in [-0.15, -0.1) is 11.3 Å². The van der Waals surface area contributed by atoms with Gasteiger partial charge in [0.25, 0.3) is 5.91 Å². The number of amides is 1. The van der Waals surface area contributed by atoms with Crippen LogP contribution in [0, 0.1) is 6.92 Å². The van der Waals surface area contributed by atoms with Gasteiger partial charge in [-0.25, -0.2) is 5.01 Å². The van der Waals surface area contributed by atoms with Crippen LogP contribution in [0.3, 0.4) is 0 Å². The van der Waals surface area contributed by atoms with Crippen molar-refractivity contribution in [2.75, 3.05) is 12.0 Å². The fourth-order valence-electron chi connectivity index (χ4n) is 3.11. The number of thiol groups is 1. The molecular formula is C22H23N3OS2. The Labute approximate surface area is 175 Å². The Hall–Kier alpha value is -2.57. The Balaban J connectivity index is 0.00000109. The summed E-state index contributed by atoms with van der Waals surface area (Å²) >= 11 is 4.97. The summed E-state index contributed by atoms with van der Waals surface area (Å²) in [5, 5.41) is 8.23. The van der Waals surface area contributed by atoms with E-state index in [1.807, 2.05) is 41.8 Å². The number of anilines is 1. The number of rotatable bonds is 3. The van der Waals surface area contributed by atoms with E-state index in [1.54, 1.807) is 11.3 Å². The van der Waals surface area contributed by atoms with E-state index in [2.05, 4.69) is 43.8 Å². The van der Waals surface area contributed by atoms with Gasteiger partial charge >= 0.3 is 0 Å². The number of hydrogen-bond donors (Lipinski definition) is 2. The van der Waals surface area contributed by atoms with Crippen LogP contribution in [0.5, 0.6) is 0 Å². The Bertz CT molecular complexity index is 948. The molecule has 144 valence electrons. The molecule has 4 rings (SSSR count). The molecule has 0 aliphatic carbocycles. The van der Waals surface area contributed by atoms with E-state index in [4.69, 9.17) is 10.8 Å². The second-order valence-electron chi connectivity index (χ2n) is 6.43. The van der Waals surface area contributed by atoms with Crippen LogP contribution in [0.4, 0.5) is 5.69 Å². The first-order chi connectivity index (χ1) is 13.6. The van der Waals surface area contributed by atoms with Gasteiger partial charge in [0.2, 0.25) is 0 Å². The number of aryl methyl sites for hydroxylation is 1. The zero-order valence-corrected chi connectivity index (χ0v) is 17.6. The molecule has 2 aromatic carbocycles. The minimum atomic E-state index is -0.0993. The van der Waals surface area contributed by atoms with E-state index < -0.39 is 0 Å². The molecule has 0 spiro atoms. The summed E-state index contributed by atoms with van der Waals surface area (Å²) in [6, 6.07) is 19.6. The molecule has 0 bridgehead atoms. The van der Waals surface area contributed by atoms with Crippen molar-refractivity contribution in [3.05, 3.63) is 87.6 Å². The third-order valence-electron chi connectivity index (χ3n) is 4.56. The summed E-state index contributed by atoms with van der Waals surface area (Å²) < 4.78 is 0. The zero-order valence-electron chi connectivity index (χ0n) is 15.9. The molecule has 0 fully saturated rings. The molecule has 2 heterocycles. The van der Waals surface area contributed by atoms with Crippen LogP contribution < -0.4 is 5.73 Å². The predicted octanol–water partition coefficient (Wildman–Crippen LogP) is 5.18. The van der Waals surface area contributed by atoms with Crippen LogP contribution >= 0.6 is 24.0 Å². The highest BCUT2D eigenvalue weighted by molar-refractivity contribution is 7.79. The molecule has 0 radical (unpaired) electrons. The summed E-state index contributed by atoms with van der Waals surface area (Å²) in [7, 11) is 0. The van der Waals surface area contributed by atoms with E-state index in [9.17, 15) is 4.79 Å². The van der Waals surface area contributed by atoms with Gasteiger partial charge in [-0.2, -0.15) is 17.7 Å². The van der Waals surface area contributed by atoms with E-state index in [0.29, 0.717) is 17.0 Å². The molecular weight excluding hydrogens is 386 g/mol. The maximum Gasteiger partial charge on any atom is 0.284 e. The average Bonchev–Trinajstić information content (AvgIpc) is 3.41. The molecule has 1 atom stereocenters. The second-order valence-corrected chi connectivity index (χ2v) is 7.37. The minimum Gasteiger partial charge on any atom is -0.399 e. The van der Waals surface area contributed by atoms with Crippen molar-refractivity contribution in [2.24, 2.45) is 5.10 Å². The number of hydrogen-bond acceptors (Lipinski definition) is 5. The van der Waals surface area contributed by atoms with Crippen LogP contribution in [0.2, 0.25) is 0 Å². The first-order valence-electron chi connectivity index (χ1n) is 8.93. The minimum absolute atomic E-state index is 0.0592. The molecule has 4 nitrogen and oxygen atoms in total. The molecule has 1 unspecified atom stereocenters.